The number of rotatable bonds is 1. The van der Waals surface area contributed by atoms with E-state index < -0.39 is 5.60 Å². The first-order valence-corrected chi connectivity index (χ1v) is 6.62. The van der Waals surface area contributed by atoms with Crippen LogP contribution in [0.25, 0.3) is 0 Å². The van der Waals surface area contributed by atoms with E-state index in [9.17, 15) is 4.79 Å². The molecule has 98 valence electrons. The van der Waals surface area contributed by atoms with Crippen molar-refractivity contribution >= 4 is 6.09 Å². The van der Waals surface area contributed by atoms with Crippen molar-refractivity contribution in [3.8, 4) is 0 Å². The van der Waals surface area contributed by atoms with E-state index in [-0.39, 0.29) is 6.09 Å². The highest BCUT2D eigenvalue weighted by atomic mass is 16.6. The van der Waals surface area contributed by atoms with E-state index in [2.05, 4.69) is 0 Å². The van der Waals surface area contributed by atoms with Crippen molar-refractivity contribution in [2.45, 2.75) is 64.1 Å². The molecule has 0 aromatic heterocycles. The third kappa shape index (κ3) is 2.73. The predicted octanol–water partition coefficient (Wildman–Crippen LogP) is 2.12. The van der Waals surface area contributed by atoms with Gasteiger partial charge in [0.15, 0.2) is 0 Å². The Balaban J connectivity index is 2.01. The van der Waals surface area contributed by atoms with Gasteiger partial charge in [0.2, 0.25) is 0 Å². The number of nitrogens with zero attached hydrogens (tertiary/aromatic N) is 1. The number of amides is 1. The smallest absolute Gasteiger partial charge is 0.410 e. The topological polar surface area (TPSA) is 55.6 Å². The number of hydrogen-bond acceptors (Lipinski definition) is 3. The van der Waals surface area contributed by atoms with Gasteiger partial charge in [0.1, 0.15) is 5.60 Å². The van der Waals surface area contributed by atoms with E-state index in [0.29, 0.717) is 18.0 Å². The van der Waals surface area contributed by atoms with Gasteiger partial charge in [0, 0.05) is 12.1 Å². The fourth-order valence-corrected chi connectivity index (χ4v) is 3.09. The number of nitrogens with two attached hydrogens (primary N) is 1. The van der Waals surface area contributed by atoms with Gasteiger partial charge in [-0.3, -0.25) is 0 Å². The third-order valence-electron chi connectivity index (χ3n) is 3.77. The minimum atomic E-state index is -0.402. The molecule has 2 aliphatic rings. The summed E-state index contributed by atoms with van der Waals surface area (Å²) in [6.45, 7) is 6.49. The third-order valence-corrected chi connectivity index (χ3v) is 3.77. The molecule has 17 heavy (non-hydrogen) atoms. The molecule has 0 spiro atoms. The lowest BCUT2D eigenvalue weighted by Crippen LogP contribution is -2.49. The zero-order valence-corrected chi connectivity index (χ0v) is 11.1. The molecular weight excluding hydrogens is 216 g/mol. The molecule has 2 rings (SSSR count). The Hall–Kier alpha value is -0.770. The van der Waals surface area contributed by atoms with Gasteiger partial charge in [0.05, 0.1) is 0 Å². The summed E-state index contributed by atoms with van der Waals surface area (Å²) in [5, 5.41) is 0. The second-order valence-electron chi connectivity index (χ2n) is 6.35. The number of hydrogen-bond donors (Lipinski definition) is 1. The highest BCUT2D eigenvalue weighted by molar-refractivity contribution is 5.69. The van der Waals surface area contributed by atoms with Gasteiger partial charge >= 0.3 is 6.09 Å². The number of carbonyl (C=O) groups is 1. The van der Waals surface area contributed by atoms with Gasteiger partial charge in [0.25, 0.3) is 0 Å². The standard InChI is InChI=1S/C13H24N2O2/c1-13(2,3)17-12(16)15-10-4-5-11(15)7-9(6-10)8-14/h9-11H,4-8,14H2,1-3H3. The van der Waals surface area contributed by atoms with Crippen LogP contribution in [0.1, 0.15) is 46.5 Å². The van der Waals surface area contributed by atoms with Gasteiger partial charge < -0.3 is 15.4 Å². The summed E-state index contributed by atoms with van der Waals surface area (Å²) in [5.74, 6) is 0.589. The van der Waals surface area contributed by atoms with Gasteiger partial charge in [-0.15, -0.1) is 0 Å². The summed E-state index contributed by atoms with van der Waals surface area (Å²) >= 11 is 0. The fourth-order valence-electron chi connectivity index (χ4n) is 3.09. The molecule has 4 heteroatoms. The Labute approximate surface area is 103 Å². The van der Waals surface area contributed by atoms with Crippen LogP contribution >= 0.6 is 0 Å². The zero-order chi connectivity index (χ0) is 12.6. The van der Waals surface area contributed by atoms with Gasteiger partial charge in [-0.25, -0.2) is 4.79 Å². The van der Waals surface area contributed by atoms with Crippen LogP contribution in [-0.4, -0.2) is 35.2 Å². The Morgan fingerprint density at radius 1 is 1.29 bits per heavy atom. The van der Waals surface area contributed by atoms with Crippen molar-refractivity contribution in [2.75, 3.05) is 6.54 Å². The summed E-state index contributed by atoms with van der Waals surface area (Å²) < 4.78 is 5.48. The summed E-state index contributed by atoms with van der Waals surface area (Å²) in [5.41, 5.74) is 5.34. The lowest BCUT2D eigenvalue weighted by molar-refractivity contribution is 0.00261. The quantitative estimate of drug-likeness (QED) is 0.764. The van der Waals surface area contributed by atoms with Crippen LogP contribution in [0.2, 0.25) is 0 Å². The first-order chi connectivity index (χ1) is 7.90. The van der Waals surface area contributed by atoms with Crippen molar-refractivity contribution in [2.24, 2.45) is 11.7 Å². The molecule has 2 atom stereocenters. The van der Waals surface area contributed by atoms with E-state index in [4.69, 9.17) is 10.5 Å². The van der Waals surface area contributed by atoms with E-state index in [1.54, 1.807) is 0 Å². The van der Waals surface area contributed by atoms with E-state index >= 15 is 0 Å². The van der Waals surface area contributed by atoms with Gasteiger partial charge in [-0.05, 0) is 58.9 Å². The van der Waals surface area contributed by atoms with Crippen molar-refractivity contribution < 1.29 is 9.53 Å². The highest BCUT2D eigenvalue weighted by Gasteiger charge is 2.44. The van der Waals surface area contributed by atoms with E-state index in [1.807, 2.05) is 25.7 Å². The van der Waals surface area contributed by atoms with Crippen LogP contribution in [0.4, 0.5) is 4.79 Å². The predicted molar refractivity (Wildman–Crippen MR) is 66.7 cm³/mol. The molecule has 1 amide bonds. The number of carbonyl (C=O) groups excluding carboxylic acids is 1. The number of fused-ring (bicyclic) bond motifs is 2. The molecule has 0 aliphatic carbocycles. The maximum absolute atomic E-state index is 12.1. The van der Waals surface area contributed by atoms with E-state index in [1.165, 1.54) is 0 Å². The molecular formula is C13H24N2O2. The molecule has 0 aromatic carbocycles. The van der Waals surface area contributed by atoms with Crippen LogP contribution in [0.15, 0.2) is 0 Å². The Morgan fingerprint density at radius 3 is 2.24 bits per heavy atom. The normalized spacial score (nSPS) is 32.7. The summed E-state index contributed by atoms with van der Waals surface area (Å²) in [6, 6.07) is 0.717. The number of piperidine rings is 1. The highest BCUT2D eigenvalue weighted by Crippen LogP contribution is 2.39. The lowest BCUT2D eigenvalue weighted by atomic mass is 9.91. The van der Waals surface area contributed by atoms with Crippen LogP contribution in [0.5, 0.6) is 0 Å². The molecule has 2 saturated heterocycles. The van der Waals surface area contributed by atoms with Crippen LogP contribution in [-0.2, 0) is 4.74 Å². The molecule has 0 saturated carbocycles. The summed E-state index contributed by atoms with van der Waals surface area (Å²) in [7, 11) is 0. The average molecular weight is 240 g/mol. The Morgan fingerprint density at radius 2 is 1.82 bits per heavy atom. The molecule has 2 fully saturated rings. The zero-order valence-electron chi connectivity index (χ0n) is 11.1. The number of ether oxygens (including phenoxy) is 1. The second-order valence-corrected chi connectivity index (χ2v) is 6.35. The first-order valence-electron chi connectivity index (χ1n) is 6.62. The summed E-state index contributed by atoms with van der Waals surface area (Å²) in [6.07, 6.45) is 4.18. The van der Waals surface area contributed by atoms with Crippen molar-refractivity contribution in [1.82, 2.24) is 4.90 Å². The monoisotopic (exact) mass is 240 g/mol. The summed E-state index contributed by atoms with van der Waals surface area (Å²) in [4.78, 5) is 14.1. The molecule has 2 heterocycles. The SMILES string of the molecule is CC(C)(C)OC(=O)N1C2CCC1CC(CN)C2. The molecule has 2 aliphatic heterocycles. The van der Waals surface area contributed by atoms with Gasteiger partial charge in [-0.2, -0.15) is 0 Å². The molecule has 2 unspecified atom stereocenters. The maximum atomic E-state index is 12.1. The van der Waals surface area contributed by atoms with Crippen molar-refractivity contribution in [3.05, 3.63) is 0 Å². The molecule has 2 bridgehead atoms. The molecule has 0 radical (unpaired) electrons. The largest absolute Gasteiger partial charge is 0.444 e. The average Bonchev–Trinajstić information content (AvgIpc) is 2.47. The Kier molecular flexibility index (Phi) is 3.34. The molecule has 2 N–H and O–H groups in total. The van der Waals surface area contributed by atoms with E-state index in [0.717, 1.165) is 32.2 Å². The fraction of sp³-hybridized carbons (Fsp3) is 0.923. The second kappa shape index (κ2) is 4.48. The van der Waals surface area contributed by atoms with Crippen LogP contribution in [0.3, 0.4) is 0 Å². The molecule has 4 nitrogen and oxygen atoms in total. The Bertz CT molecular complexity index is 284. The van der Waals surface area contributed by atoms with Crippen LogP contribution < -0.4 is 5.73 Å². The first kappa shape index (κ1) is 12.7. The van der Waals surface area contributed by atoms with Crippen molar-refractivity contribution in [3.63, 3.8) is 0 Å². The molecule has 0 aromatic rings. The van der Waals surface area contributed by atoms with Crippen LogP contribution in [0, 0.1) is 5.92 Å². The minimum Gasteiger partial charge on any atom is -0.444 e. The van der Waals surface area contributed by atoms with Gasteiger partial charge in [-0.1, -0.05) is 0 Å². The van der Waals surface area contributed by atoms with Crippen molar-refractivity contribution in [1.29, 1.82) is 0 Å². The lowest BCUT2D eigenvalue weighted by Gasteiger charge is -2.39. The minimum absolute atomic E-state index is 0.138. The maximum Gasteiger partial charge on any atom is 0.410 e.